The molecule has 0 aliphatic rings. The van der Waals surface area contributed by atoms with E-state index in [2.05, 4.69) is 22.1 Å². The lowest BCUT2D eigenvalue weighted by molar-refractivity contribution is 0.252. The molecule has 1 aromatic carbocycles. The lowest BCUT2D eigenvalue weighted by atomic mass is 10.2. The van der Waals surface area contributed by atoms with Crippen molar-refractivity contribution >= 4 is 34.7 Å². The highest BCUT2D eigenvalue weighted by atomic mass is 35.5. The maximum absolute atomic E-state index is 11.6. The van der Waals surface area contributed by atoms with Gasteiger partial charge in [-0.15, -0.1) is 0 Å². The van der Waals surface area contributed by atoms with Crippen LogP contribution >= 0.6 is 22.9 Å². The molecule has 94 valence electrons. The van der Waals surface area contributed by atoms with Gasteiger partial charge in [-0.25, -0.2) is 4.79 Å². The summed E-state index contributed by atoms with van der Waals surface area (Å²) in [4.78, 5) is 11.6. The Hall–Kier alpha value is -1.52. The summed E-state index contributed by atoms with van der Waals surface area (Å²) in [5.41, 5.74) is 1.85. The van der Waals surface area contributed by atoms with Gasteiger partial charge < -0.3 is 10.6 Å². The molecule has 0 atom stereocenters. The highest BCUT2D eigenvalue weighted by Gasteiger charge is 2.04. The Morgan fingerprint density at radius 3 is 2.83 bits per heavy atom. The SMILES string of the molecule is O=C(NCCc1ccsc1)Nc1ccccc1Cl. The average molecular weight is 281 g/mol. The predicted octanol–water partition coefficient (Wildman–Crippen LogP) is 3.77. The summed E-state index contributed by atoms with van der Waals surface area (Å²) >= 11 is 7.60. The first-order chi connectivity index (χ1) is 8.75. The second-order valence-corrected chi connectivity index (χ2v) is 4.93. The van der Waals surface area contributed by atoms with Crippen molar-refractivity contribution in [1.29, 1.82) is 0 Å². The third-order valence-corrected chi connectivity index (χ3v) is 3.46. The van der Waals surface area contributed by atoms with Crippen LogP contribution in [0.2, 0.25) is 5.02 Å². The molecular weight excluding hydrogens is 268 g/mol. The summed E-state index contributed by atoms with van der Waals surface area (Å²) in [6.45, 7) is 0.604. The summed E-state index contributed by atoms with van der Waals surface area (Å²) in [5, 5.41) is 10.1. The number of hydrogen-bond acceptors (Lipinski definition) is 2. The summed E-state index contributed by atoms with van der Waals surface area (Å²) in [5.74, 6) is 0. The third-order valence-electron chi connectivity index (χ3n) is 2.40. The van der Waals surface area contributed by atoms with Gasteiger partial charge in [0.1, 0.15) is 0 Å². The Bertz CT molecular complexity index is 513. The van der Waals surface area contributed by atoms with Crippen molar-refractivity contribution in [3.63, 3.8) is 0 Å². The number of carbonyl (C=O) groups is 1. The number of benzene rings is 1. The van der Waals surface area contributed by atoms with Crippen LogP contribution in [0.15, 0.2) is 41.1 Å². The summed E-state index contributed by atoms with van der Waals surface area (Å²) in [6.07, 6.45) is 0.833. The molecule has 0 aliphatic heterocycles. The van der Waals surface area contributed by atoms with E-state index in [1.807, 2.05) is 17.5 Å². The molecule has 1 aromatic heterocycles. The number of thiophene rings is 1. The molecule has 2 amide bonds. The third kappa shape index (κ3) is 3.75. The lowest BCUT2D eigenvalue weighted by Gasteiger charge is -2.08. The van der Waals surface area contributed by atoms with Crippen LogP contribution in [0.1, 0.15) is 5.56 Å². The molecule has 0 aliphatic carbocycles. The molecule has 18 heavy (non-hydrogen) atoms. The Kier molecular flexibility index (Phi) is 4.61. The van der Waals surface area contributed by atoms with Gasteiger partial charge in [0.15, 0.2) is 0 Å². The van der Waals surface area contributed by atoms with Crippen molar-refractivity contribution in [2.45, 2.75) is 6.42 Å². The Morgan fingerprint density at radius 2 is 2.11 bits per heavy atom. The molecule has 0 fully saturated rings. The number of halogens is 1. The largest absolute Gasteiger partial charge is 0.338 e. The highest BCUT2D eigenvalue weighted by molar-refractivity contribution is 7.07. The highest BCUT2D eigenvalue weighted by Crippen LogP contribution is 2.19. The first kappa shape index (κ1) is 12.9. The van der Waals surface area contributed by atoms with Crippen molar-refractivity contribution < 1.29 is 4.79 Å². The maximum Gasteiger partial charge on any atom is 0.319 e. The van der Waals surface area contributed by atoms with Crippen LogP contribution in [0, 0.1) is 0 Å². The number of amides is 2. The van der Waals surface area contributed by atoms with Crippen molar-refractivity contribution in [2.75, 3.05) is 11.9 Å². The van der Waals surface area contributed by atoms with E-state index in [9.17, 15) is 4.79 Å². The fourth-order valence-electron chi connectivity index (χ4n) is 1.48. The Morgan fingerprint density at radius 1 is 1.28 bits per heavy atom. The number of hydrogen-bond donors (Lipinski definition) is 2. The normalized spacial score (nSPS) is 10.1. The van der Waals surface area contributed by atoms with E-state index >= 15 is 0 Å². The van der Waals surface area contributed by atoms with Crippen LogP contribution in [0.5, 0.6) is 0 Å². The number of nitrogens with one attached hydrogen (secondary N) is 2. The zero-order valence-electron chi connectivity index (χ0n) is 9.65. The van der Waals surface area contributed by atoms with Gasteiger partial charge >= 0.3 is 6.03 Å². The van der Waals surface area contributed by atoms with Gasteiger partial charge in [-0.1, -0.05) is 23.7 Å². The Balaban J connectivity index is 1.77. The molecule has 1 heterocycles. The molecule has 0 radical (unpaired) electrons. The van der Waals surface area contributed by atoms with Crippen molar-refractivity contribution in [2.24, 2.45) is 0 Å². The molecule has 2 aromatic rings. The van der Waals surface area contributed by atoms with E-state index in [-0.39, 0.29) is 6.03 Å². The topological polar surface area (TPSA) is 41.1 Å². The van der Waals surface area contributed by atoms with Crippen LogP contribution in [0.4, 0.5) is 10.5 Å². The fourth-order valence-corrected chi connectivity index (χ4v) is 2.37. The minimum absolute atomic E-state index is 0.238. The molecule has 3 nitrogen and oxygen atoms in total. The molecule has 0 saturated carbocycles. The number of anilines is 1. The first-order valence-electron chi connectivity index (χ1n) is 5.56. The van der Waals surface area contributed by atoms with Crippen LogP contribution < -0.4 is 10.6 Å². The number of urea groups is 1. The van der Waals surface area contributed by atoms with Gasteiger partial charge in [0.25, 0.3) is 0 Å². The van der Waals surface area contributed by atoms with Crippen LogP contribution in [0.25, 0.3) is 0 Å². The van der Waals surface area contributed by atoms with Gasteiger partial charge in [0.2, 0.25) is 0 Å². The Labute approximate surface area is 115 Å². The molecular formula is C13H13ClN2OS. The van der Waals surface area contributed by atoms with Crippen LogP contribution in [-0.2, 0) is 6.42 Å². The molecule has 5 heteroatoms. The second kappa shape index (κ2) is 6.42. The van der Waals surface area contributed by atoms with Gasteiger partial charge in [0, 0.05) is 6.54 Å². The van der Waals surface area contributed by atoms with Gasteiger partial charge in [-0.2, -0.15) is 11.3 Å². The van der Waals surface area contributed by atoms with Crippen molar-refractivity contribution in [3.8, 4) is 0 Å². The summed E-state index contributed by atoms with van der Waals surface area (Å²) in [7, 11) is 0. The zero-order chi connectivity index (χ0) is 12.8. The van der Waals surface area contributed by atoms with Crippen molar-refractivity contribution in [3.05, 3.63) is 51.7 Å². The lowest BCUT2D eigenvalue weighted by Crippen LogP contribution is -2.30. The molecule has 0 unspecified atom stereocenters. The molecule has 2 N–H and O–H groups in total. The maximum atomic E-state index is 11.6. The fraction of sp³-hybridized carbons (Fsp3) is 0.154. The van der Waals surface area contributed by atoms with E-state index in [4.69, 9.17) is 11.6 Å². The van der Waals surface area contributed by atoms with E-state index < -0.39 is 0 Å². The molecule has 0 bridgehead atoms. The van der Waals surface area contributed by atoms with Crippen LogP contribution in [0.3, 0.4) is 0 Å². The minimum atomic E-state index is -0.238. The number of para-hydroxylation sites is 1. The summed E-state index contributed by atoms with van der Waals surface area (Å²) in [6, 6.07) is 8.97. The number of rotatable bonds is 4. The number of carbonyl (C=O) groups excluding carboxylic acids is 1. The quantitative estimate of drug-likeness (QED) is 0.879. The van der Waals surface area contributed by atoms with Gasteiger partial charge in [0.05, 0.1) is 10.7 Å². The van der Waals surface area contributed by atoms with Gasteiger partial charge in [-0.05, 0) is 40.9 Å². The monoisotopic (exact) mass is 280 g/mol. The molecule has 0 saturated heterocycles. The van der Waals surface area contributed by atoms with E-state index in [1.54, 1.807) is 23.5 Å². The summed E-state index contributed by atoms with van der Waals surface area (Å²) < 4.78 is 0. The minimum Gasteiger partial charge on any atom is -0.338 e. The van der Waals surface area contributed by atoms with E-state index in [1.165, 1.54) is 5.56 Å². The first-order valence-corrected chi connectivity index (χ1v) is 6.88. The smallest absolute Gasteiger partial charge is 0.319 e. The standard InChI is InChI=1S/C13H13ClN2OS/c14-11-3-1-2-4-12(11)16-13(17)15-7-5-10-6-8-18-9-10/h1-4,6,8-9H,5,7H2,(H2,15,16,17). The van der Waals surface area contributed by atoms with E-state index in [0.717, 1.165) is 6.42 Å². The van der Waals surface area contributed by atoms with E-state index in [0.29, 0.717) is 17.3 Å². The second-order valence-electron chi connectivity index (χ2n) is 3.74. The molecule has 0 spiro atoms. The van der Waals surface area contributed by atoms with Crippen LogP contribution in [-0.4, -0.2) is 12.6 Å². The van der Waals surface area contributed by atoms with Gasteiger partial charge in [-0.3, -0.25) is 0 Å². The zero-order valence-corrected chi connectivity index (χ0v) is 11.2. The predicted molar refractivity (Wildman–Crippen MR) is 76.5 cm³/mol. The average Bonchev–Trinajstić information content (AvgIpc) is 2.85. The van der Waals surface area contributed by atoms with Crippen molar-refractivity contribution in [1.82, 2.24) is 5.32 Å². The molecule has 2 rings (SSSR count).